The summed E-state index contributed by atoms with van der Waals surface area (Å²) in [6, 6.07) is 0. The van der Waals surface area contributed by atoms with Gasteiger partial charge in [0, 0.05) is 18.9 Å². The topological polar surface area (TPSA) is 26.3 Å². The summed E-state index contributed by atoms with van der Waals surface area (Å²) in [6.45, 7) is 0.801. The smallest absolute Gasteiger partial charge is 0.140 e. The minimum atomic E-state index is 0.111. The predicted octanol–water partition coefficient (Wildman–Crippen LogP) is 3.80. The zero-order valence-corrected chi connectivity index (χ0v) is 11.2. The van der Waals surface area contributed by atoms with Crippen LogP contribution in [0.1, 0.15) is 64.2 Å². The number of carbonyl (C=O) groups is 1. The van der Waals surface area contributed by atoms with Gasteiger partial charge in [-0.25, -0.2) is 0 Å². The molecule has 0 radical (unpaired) electrons. The third kappa shape index (κ3) is 2.54. The Morgan fingerprint density at radius 1 is 1.33 bits per heavy atom. The average molecular weight is 248 g/mol. The van der Waals surface area contributed by atoms with Crippen LogP contribution in [0.15, 0.2) is 11.6 Å². The highest BCUT2D eigenvalue weighted by atomic mass is 16.5. The van der Waals surface area contributed by atoms with E-state index >= 15 is 0 Å². The standard InChI is InChI=1S/C16H24O2/c17-15(11-13-5-2-1-3-6-13)14-7-10-18-16(12-14)8-4-9-16/h5,14H,1-4,6-12H2. The second-order valence-electron chi connectivity index (χ2n) is 6.33. The first kappa shape index (κ1) is 12.4. The highest BCUT2D eigenvalue weighted by Crippen LogP contribution is 2.44. The highest BCUT2D eigenvalue weighted by molar-refractivity contribution is 5.83. The van der Waals surface area contributed by atoms with E-state index in [9.17, 15) is 4.79 Å². The minimum Gasteiger partial charge on any atom is -0.375 e. The first-order chi connectivity index (χ1) is 8.77. The average Bonchev–Trinajstić information content (AvgIpc) is 2.38. The highest BCUT2D eigenvalue weighted by Gasteiger charge is 2.44. The van der Waals surface area contributed by atoms with Crippen LogP contribution in [0.2, 0.25) is 0 Å². The molecule has 3 aliphatic rings. The van der Waals surface area contributed by atoms with Gasteiger partial charge >= 0.3 is 0 Å². The van der Waals surface area contributed by atoms with Gasteiger partial charge in [-0.2, -0.15) is 0 Å². The molecule has 18 heavy (non-hydrogen) atoms. The molecule has 1 unspecified atom stereocenters. The molecular weight excluding hydrogens is 224 g/mol. The maximum atomic E-state index is 12.4. The van der Waals surface area contributed by atoms with Crippen LogP contribution in [0.25, 0.3) is 0 Å². The van der Waals surface area contributed by atoms with Crippen LogP contribution in [0.5, 0.6) is 0 Å². The molecule has 0 N–H and O–H groups in total. The molecule has 1 aliphatic heterocycles. The molecule has 1 saturated carbocycles. The molecule has 2 heteroatoms. The molecule has 0 amide bonds. The molecule has 2 aliphatic carbocycles. The largest absolute Gasteiger partial charge is 0.375 e. The number of carbonyl (C=O) groups excluding carboxylic acids is 1. The monoisotopic (exact) mass is 248 g/mol. The molecule has 0 aromatic carbocycles. The van der Waals surface area contributed by atoms with E-state index < -0.39 is 0 Å². The van der Waals surface area contributed by atoms with Gasteiger partial charge in [-0.15, -0.1) is 0 Å². The summed E-state index contributed by atoms with van der Waals surface area (Å²) < 4.78 is 5.90. The lowest BCUT2D eigenvalue weighted by atomic mass is 9.70. The van der Waals surface area contributed by atoms with Gasteiger partial charge in [0.1, 0.15) is 5.78 Å². The zero-order valence-electron chi connectivity index (χ0n) is 11.2. The first-order valence-corrected chi connectivity index (χ1v) is 7.62. The summed E-state index contributed by atoms with van der Waals surface area (Å²) >= 11 is 0. The Kier molecular flexibility index (Phi) is 3.56. The summed E-state index contributed by atoms with van der Waals surface area (Å²) in [4.78, 5) is 12.4. The van der Waals surface area contributed by atoms with Gasteiger partial charge in [-0.3, -0.25) is 4.79 Å². The van der Waals surface area contributed by atoms with Crippen LogP contribution in [0.4, 0.5) is 0 Å². The van der Waals surface area contributed by atoms with E-state index in [-0.39, 0.29) is 11.5 Å². The Hall–Kier alpha value is -0.630. The van der Waals surface area contributed by atoms with Crippen LogP contribution in [-0.2, 0) is 9.53 Å². The Bertz CT molecular complexity index is 352. The third-order valence-electron chi connectivity index (χ3n) is 5.00. The van der Waals surface area contributed by atoms with Crippen LogP contribution >= 0.6 is 0 Å². The van der Waals surface area contributed by atoms with Crippen molar-refractivity contribution < 1.29 is 9.53 Å². The van der Waals surface area contributed by atoms with Crippen molar-refractivity contribution in [2.75, 3.05) is 6.61 Å². The summed E-state index contributed by atoms with van der Waals surface area (Å²) in [6.07, 6.45) is 13.5. The third-order valence-corrected chi connectivity index (χ3v) is 5.00. The summed E-state index contributed by atoms with van der Waals surface area (Å²) in [7, 11) is 0. The van der Waals surface area contributed by atoms with Crippen molar-refractivity contribution in [2.45, 2.75) is 69.8 Å². The lowest BCUT2D eigenvalue weighted by Crippen LogP contribution is -2.47. The normalized spacial score (nSPS) is 30.7. The van der Waals surface area contributed by atoms with Crippen molar-refractivity contribution in [1.82, 2.24) is 0 Å². The van der Waals surface area contributed by atoms with Crippen molar-refractivity contribution in [1.29, 1.82) is 0 Å². The molecule has 2 nitrogen and oxygen atoms in total. The van der Waals surface area contributed by atoms with Gasteiger partial charge < -0.3 is 4.74 Å². The Morgan fingerprint density at radius 2 is 2.22 bits per heavy atom. The molecule has 2 fully saturated rings. The lowest BCUT2D eigenvalue weighted by Gasteiger charge is -2.47. The Balaban J connectivity index is 1.56. The quantitative estimate of drug-likeness (QED) is 0.710. The molecular formula is C16H24O2. The van der Waals surface area contributed by atoms with Crippen LogP contribution in [0, 0.1) is 5.92 Å². The molecule has 1 atom stereocenters. The molecule has 0 aromatic rings. The maximum Gasteiger partial charge on any atom is 0.140 e. The van der Waals surface area contributed by atoms with Crippen LogP contribution < -0.4 is 0 Å². The second kappa shape index (κ2) is 5.16. The van der Waals surface area contributed by atoms with Gasteiger partial charge in [0.05, 0.1) is 5.60 Å². The molecule has 100 valence electrons. The maximum absolute atomic E-state index is 12.4. The SMILES string of the molecule is O=C(CC1=CCCCC1)C1CCOC2(CCC2)C1. The first-order valence-electron chi connectivity index (χ1n) is 7.62. The predicted molar refractivity (Wildman–Crippen MR) is 71.4 cm³/mol. The number of ether oxygens (including phenoxy) is 1. The second-order valence-corrected chi connectivity index (χ2v) is 6.33. The van der Waals surface area contributed by atoms with Gasteiger partial charge in [0.15, 0.2) is 0 Å². The number of hydrogen-bond donors (Lipinski definition) is 0. The van der Waals surface area contributed by atoms with Gasteiger partial charge in [-0.05, 0) is 57.8 Å². The summed E-state index contributed by atoms with van der Waals surface area (Å²) in [5.74, 6) is 0.764. The minimum absolute atomic E-state index is 0.111. The fourth-order valence-electron chi connectivity index (χ4n) is 3.66. The number of Topliss-reactive ketones (excluding diaryl/α,β-unsaturated/α-hetero) is 1. The number of rotatable bonds is 3. The van der Waals surface area contributed by atoms with Crippen LogP contribution in [0.3, 0.4) is 0 Å². The molecule has 3 rings (SSSR count). The number of allylic oxidation sites excluding steroid dienone is 2. The van der Waals surface area contributed by atoms with E-state index in [1.165, 1.54) is 44.1 Å². The fraction of sp³-hybridized carbons (Fsp3) is 0.812. The molecule has 1 spiro atoms. The van der Waals surface area contributed by atoms with Crippen molar-refractivity contribution in [2.24, 2.45) is 5.92 Å². The van der Waals surface area contributed by atoms with Gasteiger partial charge in [0.25, 0.3) is 0 Å². The molecule has 0 aromatic heterocycles. The number of ketones is 1. The van der Waals surface area contributed by atoms with E-state index in [4.69, 9.17) is 4.74 Å². The van der Waals surface area contributed by atoms with Gasteiger partial charge in [0.2, 0.25) is 0 Å². The Labute approximate surface area is 110 Å². The molecule has 1 saturated heterocycles. The van der Waals surface area contributed by atoms with Gasteiger partial charge in [-0.1, -0.05) is 11.6 Å². The molecule has 0 bridgehead atoms. The van der Waals surface area contributed by atoms with E-state index in [2.05, 4.69) is 6.08 Å². The lowest BCUT2D eigenvalue weighted by molar-refractivity contribution is -0.155. The Morgan fingerprint density at radius 3 is 2.89 bits per heavy atom. The number of hydrogen-bond acceptors (Lipinski definition) is 2. The summed E-state index contributed by atoms with van der Waals surface area (Å²) in [5, 5.41) is 0. The van der Waals surface area contributed by atoms with Crippen molar-refractivity contribution in [3.63, 3.8) is 0 Å². The fourth-order valence-corrected chi connectivity index (χ4v) is 3.66. The van der Waals surface area contributed by atoms with Crippen molar-refractivity contribution in [3.8, 4) is 0 Å². The van der Waals surface area contributed by atoms with E-state index in [0.717, 1.165) is 32.3 Å². The molecule has 1 heterocycles. The zero-order chi connectivity index (χ0) is 12.4. The van der Waals surface area contributed by atoms with Crippen molar-refractivity contribution in [3.05, 3.63) is 11.6 Å². The van der Waals surface area contributed by atoms with Crippen molar-refractivity contribution >= 4 is 5.78 Å². The summed E-state index contributed by atoms with van der Waals surface area (Å²) in [5.41, 5.74) is 1.51. The van der Waals surface area contributed by atoms with Crippen LogP contribution in [-0.4, -0.2) is 18.0 Å². The van der Waals surface area contributed by atoms with E-state index in [1.807, 2.05) is 0 Å². The van der Waals surface area contributed by atoms with E-state index in [0.29, 0.717) is 5.78 Å². The van der Waals surface area contributed by atoms with E-state index in [1.54, 1.807) is 0 Å².